The lowest BCUT2D eigenvalue weighted by Crippen LogP contribution is -2.51. The number of hydrogen-bond acceptors (Lipinski definition) is 4. The van der Waals surface area contributed by atoms with Gasteiger partial charge in [0.25, 0.3) is 0 Å². The minimum Gasteiger partial charge on any atom is -0.375 e. The van der Waals surface area contributed by atoms with Crippen LogP contribution in [0, 0.1) is 0 Å². The van der Waals surface area contributed by atoms with E-state index in [9.17, 15) is 4.79 Å². The van der Waals surface area contributed by atoms with Gasteiger partial charge in [-0.1, -0.05) is 6.92 Å². The zero-order valence-electron chi connectivity index (χ0n) is 12.9. The Morgan fingerprint density at radius 3 is 2.65 bits per heavy atom. The van der Waals surface area contributed by atoms with E-state index in [1.54, 1.807) is 0 Å². The molecule has 1 amide bonds. The summed E-state index contributed by atoms with van der Waals surface area (Å²) >= 11 is 0. The van der Waals surface area contributed by atoms with Crippen molar-refractivity contribution in [3.05, 3.63) is 0 Å². The largest absolute Gasteiger partial charge is 0.375 e. The zero-order valence-corrected chi connectivity index (χ0v) is 12.9. The molecule has 20 heavy (non-hydrogen) atoms. The second kappa shape index (κ2) is 6.87. The van der Waals surface area contributed by atoms with E-state index in [-0.39, 0.29) is 11.5 Å². The first-order valence-corrected chi connectivity index (χ1v) is 7.91. The number of hydrogen-bond donors (Lipinski definition) is 2. The van der Waals surface area contributed by atoms with Crippen molar-refractivity contribution in [3.8, 4) is 0 Å². The average Bonchev–Trinajstić information content (AvgIpc) is 2.41. The molecule has 2 unspecified atom stereocenters. The second-order valence-electron chi connectivity index (χ2n) is 6.53. The first-order valence-electron chi connectivity index (χ1n) is 7.91. The van der Waals surface area contributed by atoms with Crippen LogP contribution in [-0.4, -0.2) is 54.7 Å². The van der Waals surface area contributed by atoms with Crippen LogP contribution in [0.15, 0.2) is 0 Å². The highest BCUT2D eigenvalue weighted by Crippen LogP contribution is 2.28. The van der Waals surface area contributed by atoms with E-state index >= 15 is 0 Å². The lowest BCUT2D eigenvalue weighted by atomic mass is 9.89. The highest BCUT2D eigenvalue weighted by Gasteiger charge is 2.33. The molecule has 2 saturated heterocycles. The summed E-state index contributed by atoms with van der Waals surface area (Å²) < 4.78 is 5.90. The van der Waals surface area contributed by atoms with E-state index in [1.165, 1.54) is 0 Å². The van der Waals surface area contributed by atoms with Gasteiger partial charge < -0.3 is 15.8 Å². The number of rotatable bonds is 5. The molecule has 2 atom stereocenters. The maximum absolute atomic E-state index is 10.9. The predicted octanol–water partition coefficient (Wildman–Crippen LogP) is 0.873. The number of likely N-dealkylation sites (tertiary alicyclic amines) is 1. The fourth-order valence-corrected chi connectivity index (χ4v) is 3.33. The van der Waals surface area contributed by atoms with Crippen molar-refractivity contribution in [1.29, 1.82) is 0 Å². The lowest BCUT2D eigenvalue weighted by molar-refractivity contribution is -0.119. The monoisotopic (exact) mass is 283 g/mol. The van der Waals surface area contributed by atoms with Gasteiger partial charge in [0.05, 0.1) is 12.1 Å². The zero-order chi connectivity index (χ0) is 14.6. The number of piperidine rings is 1. The van der Waals surface area contributed by atoms with E-state index in [0.29, 0.717) is 18.6 Å². The molecule has 2 heterocycles. The summed E-state index contributed by atoms with van der Waals surface area (Å²) in [5, 5.41) is 3.80. The Hall–Kier alpha value is -0.650. The van der Waals surface area contributed by atoms with Crippen molar-refractivity contribution in [1.82, 2.24) is 10.2 Å². The Morgan fingerprint density at radius 2 is 2.05 bits per heavy atom. The molecule has 0 aromatic heterocycles. The topological polar surface area (TPSA) is 67.6 Å². The van der Waals surface area contributed by atoms with Crippen LogP contribution in [0.2, 0.25) is 0 Å². The van der Waals surface area contributed by atoms with Gasteiger partial charge in [0.2, 0.25) is 5.91 Å². The van der Waals surface area contributed by atoms with Crippen LogP contribution < -0.4 is 11.1 Å². The summed E-state index contributed by atoms with van der Waals surface area (Å²) in [5.74, 6) is -0.223. The third-order valence-electron chi connectivity index (χ3n) is 4.78. The van der Waals surface area contributed by atoms with E-state index in [2.05, 4.69) is 24.1 Å². The van der Waals surface area contributed by atoms with Crippen molar-refractivity contribution < 1.29 is 9.53 Å². The molecule has 0 aliphatic carbocycles. The molecule has 0 radical (unpaired) electrons. The molecule has 2 fully saturated rings. The van der Waals surface area contributed by atoms with Crippen molar-refractivity contribution in [3.63, 3.8) is 0 Å². The molecule has 0 bridgehead atoms. The van der Waals surface area contributed by atoms with Crippen LogP contribution in [0.3, 0.4) is 0 Å². The number of ether oxygens (including phenoxy) is 1. The van der Waals surface area contributed by atoms with Gasteiger partial charge in [-0.2, -0.15) is 0 Å². The minimum atomic E-state index is -0.223. The quantitative estimate of drug-likeness (QED) is 0.786. The summed E-state index contributed by atoms with van der Waals surface area (Å²) in [5.41, 5.74) is 5.29. The van der Waals surface area contributed by atoms with Crippen molar-refractivity contribution in [2.45, 2.75) is 63.6 Å². The molecule has 5 nitrogen and oxygen atoms in total. The molecule has 116 valence electrons. The Kier molecular flexibility index (Phi) is 5.41. The van der Waals surface area contributed by atoms with Crippen molar-refractivity contribution in [2.24, 2.45) is 5.73 Å². The van der Waals surface area contributed by atoms with Gasteiger partial charge in [-0.25, -0.2) is 0 Å². The molecule has 2 rings (SSSR count). The van der Waals surface area contributed by atoms with Crippen LogP contribution in [0.4, 0.5) is 0 Å². The number of carbonyl (C=O) groups excluding carboxylic acids is 1. The molecular weight excluding hydrogens is 254 g/mol. The van der Waals surface area contributed by atoms with Crippen LogP contribution in [-0.2, 0) is 9.53 Å². The number of nitrogens with one attached hydrogen (secondary N) is 1. The SMILES string of the molecule is CCC1(C)CC(NC2CCN(CC(N)=O)CC2)CCO1. The standard InChI is InChI=1S/C15H29N3O2/c1-3-15(2)10-13(6-9-20-15)17-12-4-7-18(8-5-12)11-14(16)19/h12-13,17H,3-11H2,1-2H3,(H2,16,19). The molecule has 0 spiro atoms. The summed E-state index contributed by atoms with van der Waals surface area (Å²) in [7, 11) is 0. The molecule has 2 aliphatic heterocycles. The highest BCUT2D eigenvalue weighted by molar-refractivity contribution is 5.75. The molecular formula is C15H29N3O2. The maximum Gasteiger partial charge on any atom is 0.231 e. The average molecular weight is 283 g/mol. The Balaban J connectivity index is 1.74. The van der Waals surface area contributed by atoms with Crippen molar-refractivity contribution in [2.75, 3.05) is 26.2 Å². The molecule has 0 saturated carbocycles. The molecule has 3 N–H and O–H groups in total. The van der Waals surface area contributed by atoms with Gasteiger partial charge in [0.15, 0.2) is 0 Å². The summed E-state index contributed by atoms with van der Waals surface area (Å²) in [6, 6.07) is 1.14. The number of carbonyl (C=O) groups is 1. The predicted molar refractivity (Wildman–Crippen MR) is 79.5 cm³/mol. The van der Waals surface area contributed by atoms with Crippen LogP contribution in [0.5, 0.6) is 0 Å². The molecule has 2 aliphatic rings. The smallest absolute Gasteiger partial charge is 0.231 e. The van der Waals surface area contributed by atoms with Crippen LogP contribution in [0.1, 0.15) is 46.0 Å². The molecule has 0 aromatic rings. The number of nitrogens with two attached hydrogens (primary N) is 1. The minimum absolute atomic E-state index is 0.0442. The van der Waals surface area contributed by atoms with Gasteiger partial charge in [0.1, 0.15) is 0 Å². The summed E-state index contributed by atoms with van der Waals surface area (Å²) in [6.07, 6.45) is 5.49. The van der Waals surface area contributed by atoms with Gasteiger partial charge in [-0.05, 0) is 39.0 Å². The van der Waals surface area contributed by atoms with E-state index in [1.807, 2.05) is 0 Å². The van der Waals surface area contributed by atoms with E-state index in [4.69, 9.17) is 10.5 Å². The van der Waals surface area contributed by atoms with Gasteiger partial charge in [-0.15, -0.1) is 0 Å². The molecule has 0 aromatic carbocycles. The second-order valence-corrected chi connectivity index (χ2v) is 6.53. The van der Waals surface area contributed by atoms with Gasteiger partial charge in [-0.3, -0.25) is 9.69 Å². The Bertz CT molecular complexity index is 329. The van der Waals surface area contributed by atoms with Crippen molar-refractivity contribution >= 4 is 5.91 Å². The Morgan fingerprint density at radius 1 is 1.35 bits per heavy atom. The molecule has 5 heteroatoms. The first-order chi connectivity index (χ1) is 9.50. The Labute approximate surface area is 122 Å². The van der Waals surface area contributed by atoms with Gasteiger partial charge in [0, 0.05) is 31.8 Å². The summed E-state index contributed by atoms with van der Waals surface area (Å²) in [6.45, 7) is 7.62. The fourth-order valence-electron chi connectivity index (χ4n) is 3.33. The maximum atomic E-state index is 10.9. The van der Waals surface area contributed by atoms with Crippen LogP contribution in [0.25, 0.3) is 0 Å². The number of amides is 1. The normalized spacial score (nSPS) is 33.2. The third-order valence-corrected chi connectivity index (χ3v) is 4.78. The first kappa shape index (κ1) is 15.7. The summed E-state index contributed by atoms with van der Waals surface area (Å²) in [4.78, 5) is 13.1. The van der Waals surface area contributed by atoms with Crippen LogP contribution >= 0.6 is 0 Å². The highest BCUT2D eigenvalue weighted by atomic mass is 16.5. The fraction of sp³-hybridized carbons (Fsp3) is 0.933. The van der Waals surface area contributed by atoms with E-state index in [0.717, 1.165) is 51.8 Å². The number of primary amides is 1. The lowest BCUT2D eigenvalue weighted by Gasteiger charge is -2.41. The van der Waals surface area contributed by atoms with Gasteiger partial charge >= 0.3 is 0 Å². The number of nitrogens with zero attached hydrogens (tertiary/aromatic N) is 1. The third kappa shape index (κ3) is 4.43. The van der Waals surface area contributed by atoms with E-state index < -0.39 is 0 Å².